The molecule has 1 fully saturated rings. The minimum Gasteiger partial charge on any atom is -0.444 e. The van der Waals surface area contributed by atoms with Gasteiger partial charge < -0.3 is 9.47 Å². The Morgan fingerprint density at radius 2 is 1.94 bits per heavy atom. The average Bonchev–Trinajstić information content (AvgIpc) is 3.09. The first-order valence-corrected chi connectivity index (χ1v) is 11.4. The molecule has 2 heterocycles. The molecule has 1 aromatic carbocycles. The van der Waals surface area contributed by atoms with Gasteiger partial charge in [0.2, 0.25) is 0 Å². The summed E-state index contributed by atoms with van der Waals surface area (Å²) in [6, 6.07) is 5.66. The van der Waals surface area contributed by atoms with Gasteiger partial charge in [0.15, 0.2) is 5.82 Å². The molecule has 2 aromatic rings. The van der Waals surface area contributed by atoms with Crippen LogP contribution in [0.4, 0.5) is 9.18 Å². The standard InChI is InChI=1S/C24H33FN4O3/c1-16(2)31-19-8-10-24(25,11-9-19)18-6-7-20-17(12-18)13-28(22(30)32-23(3,4)5)14-21-27-26-15-29(20)21/h6-7,12,15-16,19H,8-11,13-14H2,1-5H3. The van der Waals surface area contributed by atoms with E-state index in [0.717, 1.165) is 11.3 Å². The SMILES string of the molecule is CC(C)OC1CCC(F)(c2ccc3c(c2)CN(C(=O)OC(C)(C)C)Cc2nncn2-3)CC1. The van der Waals surface area contributed by atoms with E-state index in [2.05, 4.69) is 10.2 Å². The van der Waals surface area contributed by atoms with Gasteiger partial charge in [-0.1, -0.05) is 6.07 Å². The van der Waals surface area contributed by atoms with Crippen LogP contribution in [-0.2, 0) is 28.2 Å². The number of hydrogen-bond acceptors (Lipinski definition) is 5. The highest BCUT2D eigenvalue weighted by atomic mass is 19.1. The molecule has 174 valence electrons. The summed E-state index contributed by atoms with van der Waals surface area (Å²) in [5.41, 5.74) is 0.358. The zero-order chi connectivity index (χ0) is 23.1. The molecule has 1 amide bonds. The van der Waals surface area contributed by atoms with Crippen LogP contribution in [0.2, 0.25) is 0 Å². The van der Waals surface area contributed by atoms with Crippen LogP contribution in [0.1, 0.15) is 77.3 Å². The zero-order valence-corrected chi connectivity index (χ0v) is 19.6. The Morgan fingerprint density at radius 3 is 2.59 bits per heavy atom. The predicted molar refractivity (Wildman–Crippen MR) is 118 cm³/mol. The normalized spacial score (nSPS) is 23.5. The highest BCUT2D eigenvalue weighted by molar-refractivity contribution is 5.69. The first kappa shape index (κ1) is 22.7. The molecular formula is C24H33FN4O3. The van der Waals surface area contributed by atoms with Crippen molar-refractivity contribution in [3.63, 3.8) is 0 Å². The second-order valence-corrected chi connectivity index (χ2v) is 10.1. The number of carbonyl (C=O) groups excluding carboxylic acids is 1. The molecule has 0 N–H and O–H groups in total. The van der Waals surface area contributed by atoms with Gasteiger partial charge in [-0.25, -0.2) is 9.18 Å². The number of fused-ring (bicyclic) bond motifs is 3. The molecule has 8 heteroatoms. The maximum Gasteiger partial charge on any atom is 0.411 e. The molecule has 1 saturated carbocycles. The van der Waals surface area contributed by atoms with E-state index in [0.29, 0.717) is 43.6 Å². The molecule has 1 aromatic heterocycles. The maximum absolute atomic E-state index is 16.0. The number of rotatable bonds is 3. The number of ether oxygens (including phenoxy) is 2. The van der Waals surface area contributed by atoms with E-state index in [9.17, 15) is 4.79 Å². The van der Waals surface area contributed by atoms with Gasteiger partial charge in [0.1, 0.15) is 17.6 Å². The van der Waals surface area contributed by atoms with Crippen molar-refractivity contribution in [1.29, 1.82) is 0 Å². The summed E-state index contributed by atoms with van der Waals surface area (Å²) in [7, 11) is 0. The number of amides is 1. The number of halogens is 1. The van der Waals surface area contributed by atoms with Crippen molar-refractivity contribution in [2.75, 3.05) is 0 Å². The third-order valence-corrected chi connectivity index (χ3v) is 6.01. The van der Waals surface area contributed by atoms with Crippen molar-refractivity contribution < 1.29 is 18.7 Å². The summed E-state index contributed by atoms with van der Waals surface area (Å²) in [5.74, 6) is 0.642. The van der Waals surface area contributed by atoms with Crippen LogP contribution >= 0.6 is 0 Å². The lowest BCUT2D eigenvalue weighted by atomic mass is 9.79. The van der Waals surface area contributed by atoms with Gasteiger partial charge in [-0.15, -0.1) is 10.2 Å². The topological polar surface area (TPSA) is 69.5 Å². The third kappa shape index (κ3) is 4.80. The van der Waals surface area contributed by atoms with Crippen LogP contribution in [0.5, 0.6) is 0 Å². The minimum atomic E-state index is -1.40. The second-order valence-electron chi connectivity index (χ2n) is 10.1. The van der Waals surface area contributed by atoms with E-state index in [-0.39, 0.29) is 18.8 Å². The minimum absolute atomic E-state index is 0.113. The highest BCUT2D eigenvalue weighted by Crippen LogP contribution is 2.43. The van der Waals surface area contributed by atoms with Gasteiger partial charge >= 0.3 is 6.09 Å². The molecule has 7 nitrogen and oxygen atoms in total. The van der Waals surface area contributed by atoms with E-state index >= 15 is 4.39 Å². The Bertz CT molecular complexity index is 974. The maximum atomic E-state index is 16.0. The first-order chi connectivity index (χ1) is 15.0. The van der Waals surface area contributed by atoms with E-state index < -0.39 is 17.4 Å². The van der Waals surface area contributed by atoms with Crippen LogP contribution < -0.4 is 0 Å². The van der Waals surface area contributed by atoms with E-state index in [1.165, 1.54) is 0 Å². The molecule has 0 radical (unpaired) electrons. The molecular weight excluding hydrogens is 411 g/mol. The molecule has 0 atom stereocenters. The fourth-order valence-corrected chi connectivity index (χ4v) is 4.54. The summed E-state index contributed by atoms with van der Waals surface area (Å²) < 4.78 is 29.4. The fourth-order valence-electron chi connectivity index (χ4n) is 4.54. The van der Waals surface area contributed by atoms with E-state index in [4.69, 9.17) is 9.47 Å². The van der Waals surface area contributed by atoms with Gasteiger partial charge in [-0.2, -0.15) is 0 Å². The quantitative estimate of drug-likeness (QED) is 0.663. The molecule has 0 saturated heterocycles. The number of benzene rings is 1. The Morgan fingerprint density at radius 1 is 1.22 bits per heavy atom. The van der Waals surface area contributed by atoms with Crippen LogP contribution in [0.25, 0.3) is 5.69 Å². The molecule has 2 aliphatic rings. The molecule has 0 unspecified atom stereocenters. The molecule has 4 rings (SSSR count). The largest absolute Gasteiger partial charge is 0.444 e. The lowest BCUT2D eigenvalue weighted by molar-refractivity contribution is -0.0450. The van der Waals surface area contributed by atoms with Crippen molar-refractivity contribution in [3.05, 3.63) is 41.5 Å². The Kier molecular flexibility index (Phi) is 6.00. The van der Waals surface area contributed by atoms with Crippen molar-refractivity contribution in [2.45, 2.75) is 96.9 Å². The van der Waals surface area contributed by atoms with Gasteiger partial charge in [0.25, 0.3) is 0 Å². The summed E-state index contributed by atoms with van der Waals surface area (Å²) in [4.78, 5) is 14.4. The fraction of sp³-hybridized carbons (Fsp3) is 0.625. The van der Waals surface area contributed by atoms with Crippen molar-refractivity contribution >= 4 is 6.09 Å². The summed E-state index contributed by atoms with van der Waals surface area (Å²) in [6.45, 7) is 10.1. The van der Waals surface area contributed by atoms with E-state index in [1.54, 1.807) is 11.2 Å². The second kappa shape index (κ2) is 8.46. The van der Waals surface area contributed by atoms with Gasteiger partial charge in [-0.05, 0) is 83.6 Å². The van der Waals surface area contributed by atoms with Crippen LogP contribution in [0.3, 0.4) is 0 Å². The first-order valence-electron chi connectivity index (χ1n) is 11.4. The number of aromatic nitrogens is 3. The lowest BCUT2D eigenvalue weighted by Gasteiger charge is -2.35. The summed E-state index contributed by atoms with van der Waals surface area (Å²) in [5, 5.41) is 8.19. The third-order valence-electron chi connectivity index (χ3n) is 6.01. The van der Waals surface area contributed by atoms with Gasteiger partial charge in [-0.3, -0.25) is 9.47 Å². The average molecular weight is 445 g/mol. The molecule has 1 aliphatic heterocycles. The smallest absolute Gasteiger partial charge is 0.411 e. The van der Waals surface area contributed by atoms with Crippen LogP contribution in [-0.4, -0.2) is 43.6 Å². The molecule has 1 aliphatic carbocycles. The Hall–Kier alpha value is -2.48. The molecule has 32 heavy (non-hydrogen) atoms. The number of hydrogen-bond donors (Lipinski definition) is 0. The van der Waals surface area contributed by atoms with E-state index in [1.807, 2.05) is 57.4 Å². The Labute approximate surface area is 188 Å². The lowest BCUT2D eigenvalue weighted by Crippen LogP contribution is -2.36. The highest BCUT2D eigenvalue weighted by Gasteiger charge is 2.38. The van der Waals surface area contributed by atoms with Gasteiger partial charge in [0.05, 0.1) is 31.0 Å². The monoisotopic (exact) mass is 444 g/mol. The molecule has 0 bridgehead atoms. The van der Waals surface area contributed by atoms with Crippen LogP contribution in [0.15, 0.2) is 24.5 Å². The zero-order valence-electron chi connectivity index (χ0n) is 19.6. The summed E-state index contributed by atoms with van der Waals surface area (Å²) >= 11 is 0. The molecule has 0 spiro atoms. The Balaban J connectivity index is 1.62. The number of carbonyl (C=O) groups is 1. The van der Waals surface area contributed by atoms with Gasteiger partial charge in [0, 0.05) is 0 Å². The van der Waals surface area contributed by atoms with Crippen molar-refractivity contribution in [2.24, 2.45) is 0 Å². The van der Waals surface area contributed by atoms with Crippen LogP contribution in [0, 0.1) is 0 Å². The van der Waals surface area contributed by atoms with Crippen molar-refractivity contribution in [3.8, 4) is 5.69 Å². The predicted octanol–water partition coefficient (Wildman–Crippen LogP) is 5.05. The summed E-state index contributed by atoms with van der Waals surface area (Å²) in [6.07, 6.45) is 3.72. The number of nitrogens with zero attached hydrogens (tertiary/aromatic N) is 4. The number of alkyl halides is 1. The van der Waals surface area contributed by atoms with Crippen molar-refractivity contribution in [1.82, 2.24) is 19.7 Å².